The fourth-order valence-electron chi connectivity index (χ4n) is 2.08. The lowest BCUT2D eigenvalue weighted by Crippen LogP contribution is -2.41. The standard InChI is InChI=1S/C12H19N3O2/c1-3-12(9-13,14-2)7-4-8-15-10(16)5-6-11(15)17/h14H,3-8H2,1-2H3. The zero-order valence-corrected chi connectivity index (χ0v) is 10.5. The van der Waals surface area contributed by atoms with Crippen molar-refractivity contribution in [3.8, 4) is 6.07 Å². The zero-order valence-electron chi connectivity index (χ0n) is 10.5. The van der Waals surface area contributed by atoms with Crippen LogP contribution in [-0.4, -0.2) is 35.8 Å². The Kier molecular flexibility index (Phi) is 4.64. The number of nitrogens with one attached hydrogen (secondary N) is 1. The molecule has 5 heteroatoms. The number of nitrogens with zero attached hydrogens (tertiary/aromatic N) is 2. The Bertz CT molecular complexity index is 326. The van der Waals surface area contributed by atoms with Crippen LogP contribution in [0.4, 0.5) is 0 Å². The van der Waals surface area contributed by atoms with Crippen molar-refractivity contribution in [1.82, 2.24) is 10.2 Å². The lowest BCUT2D eigenvalue weighted by Gasteiger charge is -2.25. The second-order valence-corrected chi connectivity index (χ2v) is 4.34. The quantitative estimate of drug-likeness (QED) is 0.694. The van der Waals surface area contributed by atoms with Gasteiger partial charge >= 0.3 is 0 Å². The monoisotopic (exact) mass is 237 g/mol. The number of likely N-dealkylation sites (tertiary alicyclic amines) is 1. The number of hydrogen-bond donors (Lipinski definition) is 1. The summed E-state index contributed by atoms with van der Waals surface area (Å²) in [7, 11) is 1.76. The highest BCUT2D eigenvalue weighted by atomic mass is 16.2. The van der Waals surface area contributed by atoms with Gasteiger partial charge in [0.2, 0.25) is 11.8 Å². The molecule has 0 aromatic rings. The SMILES string of the molecule is CCC(C#N)(CCCN1C(=O)CCC1=O)NC. The Balaban J connectivity index is 2.44. The number of carbonyl (C=O) groups excluding carboxylic acids is 2. The van der Waals surface area contributed by atoms with Crippen molar-refractivity contribution < 1.29 is 9.59 Å². The smallest absolute Gasteiger partial charge is 0.229 e. The zero-order chi connectivity index (χ0) is 12.9. The van der Waals surface area contributed by atoms with Crippen LogP contribution in [0.2, 0.25) is 0 Å². The summed E-state index contributed by atoms with van der Waals surface area (Å²) in [6, 6.07) is 2.26. The average molecular weight is 237 g/mol. The number of carbonyl (C=O) groups is 2. The molecule has 94 valence electrons. The first-order chi connectivity index (χ1) is 8.08. The minimum atomic E-state index is -0.536. The fourth-order valence-corrected chi connectivity index (χ4v) is 2.08. The molecule has 0 aromatic carbocycles. The third-order valence-corrected chi connectivity index (χ3v) is 3.44. The van der Waals surface area contributed by atoms with Crippen LogP contribution in [0.1, 0.15) is 39.0 Å². The molecule has 0 aliphatic carbocycles. The fraction of sp³-hybridized carbons (Fsp3) is 0.750. The van der Waals surface area contributed by atoms with Gasteiger partial charge in [-0.25, -0.2) is 0 Å². The molecule has 1 rings (SSSR count). The molecule has 0 saturated carbocycles. The molecule has 2 amide bonds. The van der Waals surface area contributed by atoms with E-state index in [2.05, 4.69) is 11.4 Å². The van der Waals surface area contributed by atoms with Gasteiger partial charge in [0.25, 0.3) is 0 Å². The van der Waals surface area contributed by atoms with Crippen molar-refractivity contribution in [3.63, 3.8) is 0 Å². The van der Waals surface area contributed by atoms with E-state index < -0.39 is 5.54 Å². The summed E-state index contributed by atoms with van der Waals surface area (Å²) in [5.74, 6) is -0.169. The van der Waals surface area contributed by atoms with Gasteiger partial charge in [-0.15, -0.1) is 0 Å². The van der Waals surface area contributed by atoms with Crippen molar-refractivity contribution in [2.45, 2.75) is 44.6 Å². The highest BCUT2D eigenvalue weighted by molar-refractivity contribution is 6.01. The van der Waals surface area contributed by atoms with E-state index in [1.54, 1.807) is 7.05 Å². The Hall–Kier alpha value is -1.41. The Morgan fingerprint density at radius 3 is 2.41 bits per heavy atom. The van der Waals surface area contributed by atoms with Gasteiger partial charge < -0.3 is 5.32 Å². The van der Waals surface area contributed by atoms with Crippen molar-refractivity contribution >= 4 is 11.8 Å². The van der Waals surface area contributed by atoms with E-state index in [0.717, 1.165) is 0 Å². The summed E-state index contributed by atoms with van der Waals surface area (Å²) in [5.41, 5.74) is -0.536. The molecule has 5 nitrogen and oxygen atoms in total. The molecule has 1 aliphatic rings. The van der Waals surface area contributed by atoms with E-state index in [0.29, 0.717) is 38.6 Å². The molecule has 0 bridgehead atoms. The van der Waals surface area contributed by atoms with Crippen molar-refractivity contribution in [1.29, 1.82) is 5.26 Å². The summed E-state index contributed by atoms with van der Waals surface area (Å²) in [4.78, 5) is 24.1. The van der Waals surface area contributed by atoms with Gasteiger partial charge in [-0.2, -0.15) is 5.26 Å². The average Bonchev–Trinajstić information content (AvgIpc) is 2.66. The summed E-state index contributed by atoms with van der Waals surface area (Å²) < 4.78 is 0. The summed E-state index contributed by atoms with van der Waals surface area (Å²) in [6.45, 7) is 2.38. The first kappa shape index (κ1) is 13.7. The summed E-state index contributed by atoms with van der Waals surface area (Å²) >= 11 is 0. The molecule has 0 radical (unpaired) electrons. The van der Waals surface area contributed by atoms with Gasteiger partial charge in [-0.3, -0.25) is 14.5 Å². The van der Waals surface area contributed by atoms with Crippen LogP contribution in [0.3, 0.4) is 0 Å². The predicted octanol–water partition coefficient (Wildman–Crippen LogP) is 0.807. The number of hydrogen-bond acceptors (Lipinski definition) is 4. The normalized spacial score (nSPS) is 19.2. The van der Waals surface area contributed by atoms with E-state index in [4.69, 9.17) is 5.26 Å². The molecule has 1 aliphatic heterocycles. The highest BCUT2D eigenvalue weighted by Gasteiger charge is 2.30. The lowest BCUT2D eigenvalue weighted by atomic mass is 9.92. The first-order valence-corrected chi connectivity index (χ1v) is 6.02. The van der Waals surface area contributed by atoms with Gasteiger partial charge in [0.1, 0.15) is 5.54 Å². The molecule has 1 unspecified atom stereocenters. The third kappa shape index (κ3) is 3.04. The van der Waals surface area contributed by atoms with E-state index in [-0.39, 0.29) is 11.8 Å². The topological polar surface area (TPSA) is 73.2 Å². The van der Waals surface area contributed by atoms with Crippen molar-refractivity contribution in [3.05, 3.63) is 0 Å². The molecule has 1 fully saturated rings. The highest BCUT2D eigenvalue weighted by Crippen LogP contribution is 2.18. The van der Waals surface area contributed by atoms with Crippen LogP contribution in [0.15, 0.2) is 0 Å². The molecule has 1 N–H and O–H groups in total. The molecule has 1 heterocycles. The predicted molar refractivity (Wildman–Crippen MR) is 62.9 cm³/mol. The van der Waals surface area contributed by atoms with Gasteiger partial charge in [-0.1, -0.05) is 6.92 Å². The van der Waals surface area contributed by atoms with Crippen LogP contribution in [-0.2, 0) is 9.59 Å². The lowest BCUT2D eigenvalue weighted by molar-refractivity contribution is -0.138. The van der Waals surface area contributed by atoms with Crippen molar-refractivity contribution in [2.24, 2.45) is 0 Å². The van der Waals surface area contributed by atoms with Crippen LogP contribution < -0.4 is 5.32 Å². The second-order valence-electron chi connectivity index (χ2n) is 4.34. The molecule has 1 atom stereocenters. The van der Waals surface area contributed by atoms with E-state index in [1.165, 1.54) is 4.90 Å². The summed E-state index contributed by atoms with van der Waals surface area (Å²) in [5, 5.41) is 12.1. The van der Waals surface area contributed by atoms with Gasteiger partial charge in [0.15, 0.2) is 0 Å². The Morgan fingerprint density at radius 2 is 2.00 bits per heavy atom. The number of imide groups is 1. The van der Waals surface area contributed by atoms with Crippen molar-refractivity contribution in [2.75, 3.05) is 13.6 Å². The molecule has 17 heavy (non-hydrogen) atoms. The van der Waals surface area contributed by atoms with Crippen LogP contribution in [0.25, 0.3) is 0 Å². The second kappa shape index (κ2) is 5.78. The first-order valence-electron chi connectivity index (χ1n) is 6.02. The van der Waals surface area contributed by atoms with Gasteiger partial charge in [0.05, 0.1) is 6.07 Å². The van der Waals surface area contributed by atoms with E-state index in [9.17, 15) is 9.59 Å². The maximum atomic E-state index is 11.4. The minimum Gasteiger partial charge on any atom is -0.302 e. The Morgan fingerprint density at radius 1 is 1.41 bits per heavy atom. The van der Waals surface area contributed by atoms with E-state index >= 15 is 0 Å². The van der Waals surface area contributed by atoms with Gasteiger partial charge in [-0.05, 0) is 26.3 Å². The third-order valence-electron chi connectivity index (χ3n) is 3.44. The molecule has 1 saturated heterocycles. The molecular formula is C12H19N3O2. The molecule has 0 spiro atoms. The molecular weight excluding hydrogens is 218 g/mol. The van der Waals surface area contributed by atoms with Gasteiger partial charge in [0, 0.05) is 19.4 Å². The van der Waals surface area contributed by atoms with Crippen LogP contribution in [0, 0.1) is 11.3 Å². The summed E-state index contributed by atoms with van der Waals surface area (Å²) in [6.07, 6.45) is 2.69. The van der Waals surface area contributed by atoms with Crippen LogP contribution in [0.5, 0.6) is 0 Å². The number of rotatable bonds is 6. The number of amides is 2. The van der Waals surface area contributed by atoms with Crippen LogP contribution >= 0.6 is 0 Å². The maximum absolute atomic E-state index is 11.4. The largest absolute Gasteiger partial charge is 0.302 e. The van der Waals surface area contributed by atoms with E-state index in [1.807, 2.05) is 6.92 Å². The number of nitriles is 1. The molecule has 0 aromatic heterocycles. The Labute approximate surface area is 102 Å². The maximum Gasteiger partial charge on any atom is 0.229 e. The minimum absolute atomic E-state index is 0.0847.